The summed E-state index contributed by atoms with van der Waals surface area (Å²) in [5.74, 6) is -1.05. The predicted octanol–water partition coefficient (Wildman–Crippen LogP) is 1.73. The van der Waals surface area contributed by atoms with Crippen molar-refractivity contribution in [3.8, 4) is 0 Å². The normalized spacial score (nSPS) is 35.3. The molecule has 0 amide bonds. The monoisotopic (exact) mass is 237 g/mol. The number of hydrogen-bond acceptors (Lipinski definition) is 2. The van der Waals surface area contributed by atoms with Gasteiger partial charge in [0.2, 0.25) is 0 Å². The highest BCUT2D eigenvalue weighted by atomic mass is 19.4. The molecule has 6 heteroatoms. The van der Waals surface area contributed by atoms with Crippen molar-refractivity contribution in [3.05, 3.63) is 0 Å². The Labute approximate surface area is 91.2 Å². The minimum atomic E-state index is -4.31. The van der Waals surface area contributed by atoms with Crippen molar-refractivity contribution in [2.75, 3.05) is 13.1 Å². The average Bonchev–Trinajstić information content (AvgIpc) is 2.58. The molecule has 3 atom stereocenters. The molecule has 1 saturated heterocycles. The van der Waals surface area contributed by atoms with Crippen LogP contribution in [0.5, 0.6) is 0 Å². The van der Waals surface area contributed by atoms with Crippen LogP contribution in [0.4, 0.5) is 13.2 Å². The molecule has 3 nitrogen and oxygen atoms in total. The quantitative estimate of drug-likeness (QED) is 0.795. The topological polar surface area (TPSA) is 40.5 Å². The molecule has 3 unspecified atom stereocenters. The number of carboxylic acid groups (broad SMARTS) is 1. The van der Waals surface area contributed by atoms with Crippen molar-refractivity contribution in [2.45, 2.75) is 31.5 Å². The van der Waals surface area contributed by atoms with Gasteiger partial charge in [-0.05, 0) is 24.7 Å². The van der Waals surface area contributed by atoms with E-state index in [0.29, 0.717) is 0 Å². The SMILES string of the molecule is O=C(O)C1C2CCCC2CN1CC(F)(F)F. The smallest absolute Gasteiger partial charge is 0.401 e. The summed E-state index contributed by atoms with van der Waals surface area (Å²) in [6.45, 7) is -0.821. The molecule has 92 valence electrons. The second kappa shape index (κ2) is 3.91. The zero-order valence-electron chi connectivity index (χ0n) is 8.70. The highest BCUT2D eigenvalue weighted by Crippen LogP contribution is 2.42. The molecule has 1 saturated carbocycles. The van der Waals surface area contributed by atoms with E-state index < -0.39 is 24.7 Å². The minimum Gasteiger partial charge on any atom is -0.480 e. The number of carbonyl (C=O) groups is 1. The third-order valence-electron chi connectivity index (χ3n) is 3.62. The summed E-state index contributed by atoms with van der Waals surface area (Å²) >= 11 is 0. The summed E-state index contributed by atoms with van der Waals surface area (Å²) in [5.41, 5.74) is 0. The highest BCUT2D eigenvalue weighted by molar-refractivity contribution is 5.74. The first kappa shape index (κ1) is 11.7. The fourth-order valence-corrected chi connectivity index (χ4v) is 3.13. The largest absolute Gasteiger partial charge is 0.480 e. The van der Waals surface area contributed by atoms with Crippen molar-refractivity contribution >= 4 is 5.97 Å². The van der Waals surface area contributed by atoms with Crippen LogP contribution in [-0.4, -0.2) is 41.3 Å². The fourth-order valence-electron chi connectivity index (χ4n) is 3.13. The van der Waals surface area contributed by atoms with Crippen LogP contribution < -0.4 is 0 Å². The molecule has 0 radical (unpaired) electrons. The van der Waals surface area contributed by atoms with Crippen molar-refractivity contribution in [1.82, 2.24) is 4.90 Å². The molecule has 1 N–H and O–H groups in total. The van der Waals surface area contributed by atoms with E-state index in [-0.39, 0.29) is 18.4 Å². The first-order valence-corrected chi connectivity index (χ1v) is 5.42. The first-order valence-electron chi connectivity index (χ1n) is 5.42. The van der Waals surface area contributed by atoms with E-state index in [0.717, 1.165) is 24.2 Å². The van der Waals surface area contributed by atoms with Crippen LogP contribution >= 0.6 is 0 Å². The number of carboxylic acids is 1. The third kappa shape index (κ3) is 2.16. The molecule has 0 aromatic carbocycles. The molecule has 0 spiro atoms. The zero-order valence-corrected chi connectivity index (χ0v) is 8.70. The lowest BCUT2D eigenvalue weighted by Gasteiger charge is -2.24. The number of rotatable bonds is 2. The van der Waals surface area contributed by atoms with E-state index in [1.54, 1.807) is 0 Å². The summed E-state index contributed by atoms with van der Waals surface area (Å²) in [7, 11) is 0. The molecular weight excluding hydrogens is 223 g/mol. The van der Waals surface area contributed by atoms with Gasteiger partial charge in [0.15, 0.2) is 0 Å². The Morgan fingerprint density at radius 3 is 2.62 bits per heavy atom. The van der Waals surface area contributed by atoms with Crippen LogP contribution in [0.15, 0.2) is 0 Å². The van der Waals surface area contributed by atoms with Crippen LogP contribution in [0.25, 0.3) is 0 Å². The van der Waals surface area contributed by atoms with Gasteiger partial charge in [-0.25, -0.2) is 0 Å². The standard InChI is InChI=1S/C10H14F3NO2/c11-10(12,13)5-14-4-6-2-1-3-7(6)8(14)9(15)16/h6-8H,1-5H2,(H,15,16). The fraction of sp³-hybridized carbons (Fsp3) is 0.900. The number of aliphatic carboxylic acids is 1. The van der Waals surface area contributed by atoms with Gasteiger partial charge in [0, 0.05) is 6.54 Å². The van der Waals surface area contributed by atoms with E-state index in [1.807, 2.05) is 0 Å². The van der Waals surface area contributed by atoms with E-state index >= 15 is 0 Å². The number of nitrogens with zero attached hydrogens (tertiary/aromatic N) is 1. The number of halogens is 3. The van der Waals surface area contributed by atoms with Gasteiger partial charge in [0.1, 0.15) is 6.04 Å². The van der Waals surface area contributed by atoms with Gasteiger partial charge in [-0.1, -0.05) is 6.42 Å². The van der Waals surface area contributed by atoms with E-state index in [1.165, 1.54) is 0 Å². The molecule has 2 fully saturated rings. The lowest BCUT2D eigenvalue weighted by Crippen LogP contribution is -2.44. The van der Waals surface area contributed by atoms with Crippen molar-refractivity contribution in [1.29, 1.82) is 0 Å². The molecule has 0 aromatic rings. The first-order chi connectivity index (χ1) is 7.38. The second-order valence-electron chi connectivity index (χ2n) is 4.68. The maximum Gasteiger partial charge on any atom is 0.401 e. The molecule has 1 heterocycles. The van der Waals surface area contributed by atoms with Crippen LogP contribution in [0.1, 0.15) is 19.3 Å². The Hall–Kier alpha value is -0.780. The number of likely N-dealkylation sites (tertiary alicyclic amines) is 1. The zero-order chi connectivity index (χ0) is 11.9. The lowest BCUT2D eigenvalue weighted by molar-refractivity contribution is -0.159. The van der Waals surface area contributed by atoms with Gasteiger partial charge < -0.3 is 5.11 Å². The van der Waals surface area contributed by atoms with Crippen LogP contribution in [0.2, 0.25) is 0 Å². The Bertz CT molecular complexity index is 292. The molecule has 0 aromatic heterocycles. The van der Waals surface area contributed by atoms with Gasteiger partial charge in [0.05, 0.1) is 6.54 Å². The number of hydrogen-bond donors (Lipinski definition) is 1. The summed E-state index contributed by atoms with van der Waals surface area (Å²) in [4.78, 5) is 12.1. The maximum atomic E-state index is 12.3. The van der Waals surface area contributed by atoms with Crippen molar-refractivity contribution in [2.24, 2.45) is 11.8 Å². The molecule has 1 aliphatic carbocycles. The van der Waals surface area contributed by atoms with Crippen molar-refractivity contribution < 1.29 is 23.1 Å². The molecule has 2 rings (SSSR count). The number of alkyl halides is 3. The van der Waals surface area contributed by atoms with Crippen LogP contribution in [-0.2, 0) is 4.79 Å². The molecule has 16 heavy (non-hydrogen) atoms. The Morgan fingerprint density at radius 2 is 2.06 bits per heavy atom. The molecule has 0 bridgehead atoms. The Morgan fingerprint density at radius 1 is 1.38 bits per heavy atom. The Balaban J connectivity index is 2.11. The molecule has 2 aliphatic rings. The van der Waals surface area contributed by atoms with E-state index in [2.05, 4.69) is 0 Å². The van der Waals surface area contributed by atoms with Gasteiger partial charge in [-0.15, -0.1) is 0 Å². The maximum absolute atomic E-state index is 12.3. The van der Waals surface area contributed by atoms with Gasteiger partial charge >= 0.3 is 12.1 Å². The van der Waals surface area contributed by atoms with E-state index in [4.69, 9.17) is 5.11 Å². The second-order valence-corrected chi connectivity index (χ2v) is 4.68. The summed E-state index contributed by atoms with van der Waals surface area (Å²) in [6.07, 6.45) is -1.76. The highest BCUT2D eigenvalue weighted by Gasteiger charge is 2.50. The Kier molecular flexibility index (Phi) is 2.86. The van der Waals surface area contributed by atoms with Gasteiger partial charge in [-0.2, -0.15) is 13.2 Å². The third-order valence-corrected chi connectivity index (χ3v) is 3.62. The molecule has 1 aliphatic heterocycles. The van der Waals surface area contributed by atoms with Crippen LogP contribution in [0.3, 0.4) is 0 Å². The molecular formula is C10H14F3NO2. The summed E-state index contributed by atoms with van der Waals surface area (Å²) < 4.78 is 36.9. The van der Waals surface area contributed by atoms with E-state index in [9.17, 15) is 18.0 Å². The summed E-state index contributed by atoms with van der Waals surface area (Å²) in [6, 6.07) is -0.936. The van der Waals surface area contributed by atoms with Crippen LogP contribution in [0, 0.1) is 11.8 Å². The number of fused-ring (bicyclic) bond motifs is 1. The lowest BCUT2D eigenvalue weighted by atomic mass is 9.94. The predicted molar refractivity (Wildman–Crippen MR) is 49.9 cm³/mol. The van der Waals surface area contributed by atoms with Gasteiger partial charge in [-0.3, -0.25) is 9.69 Å². The minimum absolute atomic E-state index is 0.0835. The van der Waals surface area contributed by atoms with Gasteiger partial charge in [0.25, 0.3) is 0 Å². The average molecular weight is 237 g/mol. The van der Waals surface area contributed by atoms with Crippen molar-refractivity contribution in [3.63, 3.8) is 0 Å². The summed E-state index contributed by atoms with van der Waals surface area (Å²) in [5, 5.41) is 9.02.